The van der Waals surface area contributed by atoms with E-state index in [0.717, 1.165) is 12.0 Å². The third kappa shape index (κ3) is 5.77. The van der Waals surface area contributed by atoms with Crippen molar-refractivity contribution in [3.8, 4) is 5.75 Å². The first-order valence-electron chi connectivity index (χ1n) is 11.2. The minimum Gasteiger partial charge on any atom is -0.483 e. The Bertz CT molecular complexity index is 1100. The van der Waals surface area contributed by atoms with Crippen molar-refractivity contribution >= 4 is 11.8 Å². The second-order valence-electron chi connectivity index (χ2n) is 8.07. The predicted octanol–water partition coefficient (Wildman–Crippen LogP) is 4.17. The van der Waals surface area contributed by atoms with Gasteiger partial charge in [-0.05, 0) is 35.7 Å². The van der Waals surface area contributed by atoms with Crippen LogP contribution in [0.5, 0.6) is 5.75 Å². The first kappa shape index (κ1) is 22.5. The molecule has 3 aromatic carbocycles. The van der Waals surface area contributed by atoms with Crippen LogP contribution in [0.1, 0.15) is 27.9 Å². The lowest BCUT2D eigenvalue weighted by atomic mass is 10.0. The molecule has 0 saturated carbocycles. The quantitative estimate of drug-likeness (QED) is 0.571. The van der Waals surface area contributed by atoms with Crippen molar-refractivity contribution in [2.45, 2.75) is 12.8 Å². The van der Waals surface area contributed by atoms with Crippen LogP contribution in [0.2, 0.25) is 0 Å². The SMILES string of the molecule is O=C(COc1ccccc1Cc1ccccc1)N1CCCN(C(=O)c2ccccc2F)CC1. The molecule has 2 amide bonds. The summed E-state index contributed by atoms with van der Waals surface area (Å²) in [7, 11) is 0. The highest BCUT2D eigenvalue weighted by Crippen LogP contribution is 2.22. The first-order valence-corrected chi connectivity index (χ1v) is 11.2. The molecule has 0 aromatic heterocycles. The molecule has 4 rings (SSSR count). The zero-order valence-electron chi connectivity index (χ0n) is 18.5. The molecule has 0 bridgehead atoms. The molecule has 3 aromatic rings. The van der Waals surface area contributed by atoms with E-state index in [1.807, 2.05) is 42.5 Å². The number of hydrogen-bond donors (Lipinski definition) is 0. The summed E-state index contributed by atoms with van der Waals surface area (Å²) < 4.78 is 19.9. The number of nitrogens with zero attached hydrogens (tertiary/aromatic N) is 2. The fourth-order valence-electron chi connectivity index (χ4n) is 4.01. The molecule has 1 saturated heterocycles. The zero-order valence-corrected chi connectivity index (χ0v) is 18.5. The number of carbonyl (C=O) groups is 2. The van der Waals surface area contributed by atoms with Crippen LogP contribution >= 0.6 is 0 Å². The van der Waals surface area contributed by atoms with E-state index in [4.69, 9.17) is 4.74 Å². The van der Waals surface area contributed by atoms with Crippen LogP contribution in [0, 0.1) is 5.82 Å². The van der Waals surface area contributed by atoms with E-state index in [1.54, 1.807) is 21.9 Å². The van der Waals surface area contributed by atoms with Gasteiger partial charge in [-0.25, -0.2) is 4.39 Å². The van der Waals surface area contributed by atoms with Gasteiger partial charge in [0.2, 0.25) is 0 Å². The number of rotatable bonds is 6. The molecule has 1 aliphatic rings. The molecule has 0 N–H and O–H groups in total. The average Bonchev–Trinajstić information content (AvgIpc) is 3.10. The number of carbonyl (C=O) groups excluding carboxylic acids is 2. The zero-order chi connectivity index (χ0) is 23.0. The maximum Gasteiger partial charge on any atom is 0.260 e. The van der Waals surface area contributed by atoms with Gasteiger partial charge in [0.25, 0.3) is 11.8 Å². The largest absolute Gasteiger partial charge is 0.483 e. The molecule has 0 aliphatic carbocycles. The van der Waals surface area contributed by atoms with Gasteiger partial charge in [-0.15, -0.1) is 0 Å². The van der Waals surface area contributed by atoms with E-state index >= 15 is 0 Å². The Morgan fingerprint density at radius 2 is 1.45 bits per heavy atom. The number of hydrogen-bond acceptors (Lipinski definition) is 3. The number of halogens is 1. The molecule has 33 heavy (non-hydrogen) atoms. The number of para-hydroxylation sites is 1. The lowest BCUT2D eigenvalue weighted by Gasteiger charge is -2.22. The molecular formula is C27H27FN2O3. The predicted molar refractivity (Wildman–Crippen MR) is 125 cm³/mol. The second-order valence-corrected chi connectivity index (χ2v) is 8.07. The summed E-state index contributed by atoms with van der Waals surface area (Å²) in [4.78, 5) is 28.9. The second kappa shape index (κ2) is 10.8. The Morgan fingerprint density at radius 1 is 0.788 bits per heavy atom. The van der Waals surface area contributed by atoms with Crippen LogP contribution in [0.4, 0.5) is 4.39 Å². The van der Waals surface area contributed by atoms with Crippen molar-refractivity contribution in [2.24, 2.45) is 0 Å². The Morgan fingerprint density at radius 3 is 2.27 bits per heavy atom. The van der Waals surface area contributed by atoms with Gasteiger partial charge >= 0.3 is 0 Å². The van der Waals surface area contributed by atoms with Crippen molar-refractivity contribution in [1.82, 2.24) is 9.80 Å². The van der Waals surface area contributed by atoms with E-state index < -0.39 is 5.82 Å². The first-order chi connectivity index (χ1) is 16.1. The average molecular weight is 447 g/mol. The van der Waals surface area contributed by atoms with Crippen LogP contribution in [0.25, 0.3) is 0 Å². The number of benzene rings is 3. The van der Waals surface area contributed by atoms with Gasteiger partial charge in [-0.2, -0.15) is 0 Å². The fraction of sp³-hybridized carbons (Fsp3) is 0.259. The Kier molecular flexibility index (Phi) is 7.35. The van der Waals surface area contributed by atoms with E-state index in [9.17, 15) is 14.0 Å². The molecule has 0 unspecified atom stereocenters. The van der Waals surface area contributed by atoms with Crippen molar-refractivity contribution in [2.75, 3.05) is 32.8 Å². The summed E-state index contributed by atoms with van der Waals surface area (Å²) in [6.07, 6.45) is 1.36. The Balaban J connectivity index is 1.34. The topological polar surface area (TPSA) is 49.9 Å². The highest BCUT2D eigenvalue weighted by molar-refractivity contribution is 5.94. The molecule has 170 valence electrons. The fourth-order valence-corrected chi connectivity index (χ4v) is 4.01. The molecule has 0 atom stereocenters. The normalized spacial score (nSPS) is 14.0. The van der Waals surface area contributed by atoms with Gasteiger partial charge in [-0.3, -0.25) is 9.59 Å². The maximum absolute atomic E-state index is 14.0. The van der Waals surface area contributed by atoms with Gasteiger partial charge in [0, 0.05) is 32.6 Å². The number of ether oxygens (including phenoxy) is 1. The Hall–Kier alpha value is -3.67. The summed E-state index contributed by atoms with van der Waals surface area (Å²) >= 11 is 0. The summed E-state index contributed by atoms with van der Waals surface area (Å²) in [5, 5.41) is 0. The molecular weight excluding hydrogens is 419 g/mol. The van der Waals surface area contributed by atoms with Crippen LogP contribution in [0.15, 0.2) is 78.9 Å². The smallest absolute Gasteiger partial charge is 0.260 e. The Labute approximate surface area is 193 Å². The number of amides is 2. The summed E-state index contributed by atoms with van der Waals surface area (Å²) in [5.74, 6) is -0.290. The van der Waals surface area contributed by atoms with Gasteiger partial charge in [-0.1, -0.05) is 60.7 Å². The van der Waals surface area contributed by atoms with Crippen LogP contribution in [-0.4, -0.2) is 54.4 Å². The van der Waals surface area contributed by atoms with Gasteiger partial charge in [0.05, 0.1) is 5.56 Å². The molecule has 6 heteroatoms. The van der Waals surface area contributed by atoms with Crippen LogP contribution in [-0.2, 0) is 11.2 Å². The maximum atomic E-state index is 14.0. The minimum atomic E-state index is -0.526. The highest BCUT2D eigenvalue weighted by atomic mass is 19.1. The summed E-state index contributed by atoms with van der Waals surface area (Å²) in [6.45, 7) is 1.72. The van der Waals surface area contributed by atoms with Crippen LogP contribution < -0.4 is 4.74 Å². The standard InChI is InChI=1S/C27H27FN2O3/c28-24-13-6-5-12-23(24)27(32)30-16-8-15-29(17-18-30)26(31)20-33-25-14-7-4-11-22(25)19-21-9-2-1-3-10-21/h1-7,9-14H,8,15-20H2. The van der Waals surface area contributed by atoms with Crippen molar-refractivity contribution < 1.29 is 18.7 Å². The van der Waals surface area contributed by atoms with E-state index in [-0.39, 0.29) is 24.0 Å². The van der Waals surface area contributed by atoms with Crippen molar-refractivity contribution in [1.29, 1.82) is 0 Å². The highest BCUT2D eigenvalue weighted by Gasteiger charge is 2.24. The van der Waals surface area contributed by atoms with Gasteiger partial charge in [0.1, 0.15) is 11.6 Å². The van der Waals surface area contributed by atoms with Crippen molar-refractivity contribution in [3.63, 3.8) is 0 Å². The third-order valence-corrected chi connectivity index (χ3v) is 5.80. The minimum absolute atomic E-state index is 0.0624. The lowest BCUT2D eigenvalue weighted by molar-refractivity contribution is -0.133. The van der Waals surface area contributed by atoms with E-state index in [1.165, 1.54) is 17.7 Å². The lowest BCUT2D eigenvalue weighted by Crippen LogP contribution is -2.39. The molecule has 5 nitrogen and oxygen atoms in total. The van der Waals surface area contributed by atoms with E-state index in [2.05, 4.69) is 12.1 Å². The van der Waals surface area contributed by atoms with Gasteiger partial charge in [0.15, 0.2) is 6.61 Å². The summed E-state index contributed by atoms with van der Waals surface area (Å²) in [5.41, 5.74) is 2.26. The molecule has 0 spiro atoms. The summed E-state index contributed by atoms with van der Waals surface area (Å²) in [6, 6.07) is 23.8. The van der Waals surface area contributed by atoms with Gasteiger partial charge < -0.3 is 14.5 Å². The molecule has 1 aliphatic heterocycles. The molecule has 1 fully saturated rings. The molecule has 1 heterocycles. The molecule has 0 radical (unpaired) electrons. The monoisotopic (exact) mass is 446 g/mol. The van der Waals surface area contributed by atoms with Crippen LogP contribution in [0.3, 0.4) is 0 Å². The van der Waals surface area contributed by atoms with Crippen molar-refractivity contribution in [3.05, 3.63) is 101 Å². The third-order valence-electron chi connectivity index (χ3n) is 5.80. The van der Waals surface area contributed by atoms with E-state index in [0.29, 0.717) is 38.3 Å².